The number of aromatic nitrogens is 2. The van der Waals surface area contributed by atoms with E-state index in [1.807, 2.05) is 29.1 Å². The fraction of sp³-hybridized carbons (Fsp3) is 0.188. The predicted octanol–water partition coefficient (Wildman–Crippen LogP) is 5.75. The third kappa shape index (κ3) is 3.37. The molecule has 4 nitrogen and oxygen atoms in total. The molecule has 0 atom stereocenters. The maximum Gasteiger partial charge on any atom is 0.149 e. The van der Waals surface area contributed by atoms with Gasteiger partial charge in [-0.05, 0) is 56.1 Å². The molecule has 0 spiro atoms. The Morgan fingerprint density at radius 2 is 2.00 bits per heavy atom. The summed E-state index contributed by atoms with van der Waals surface area (Å²) in [5, 5.41) is 16.1. The molecule has 0 amide bonds. The molecule has 0 radical (unpaired) electrons. The van der Waals surface area contributed by atoms with Gasteiger partial charge in [-0.25, -0.2) is 0 Å². The number of rotatable bonds is 4. The summed E-state index contributed by atoms with van der Waals surface area (Å²) in [5.41, 5.74) is 1.99. The number of anilines is 1. The first-order chi connectivity index (χ1) is 11.0. The molecule has 2 aromatic carbocycles. The van der Waals surface area contributed by atoms with E-state index in [-0.39, 0.29) is 10.8 Å². The monoisotopic (exact) mass is 367 g/mol. The number of phenols is 1. The van der Waals surface area contributed by atoms with E-state index in [9.17, 15) is 5.11 Å². The van der Waals surface area contributed by atoms with Gasteiger partial charge < -0.3 is 9.83 Å². The zero-order valence-corrected chi connectivity index (χ0v) is 14.9. The normalized spacial score (nSPS) is 11.3. The molecule has 0 aliphatic heterocycles. The highest BCUT2D eigenvalue weighted by atomic mass is 35.5. The van der Waals surface area contributed by atoms with E-state index < -0.39 is 0 Å². The van der Waals surface area contributed by atoms with Crippen molar-refractivity contribution in [1.29, 1.82) is 0 Å². The van der Waals surface area contributed by atoms with Crippen molar-refractivity contribution in [3.63, 3.8) is 0 Å². The number of phenolic OH excluding ortho intramolecular Hbond substituents is 1. The van der Waals surface area contributed by atoms with Crippen molar-refractivity contribution in [2.24, 2.45) is 0 Å². The summed E-state index contributed by atoms with van der Waals surface area (Å²) in [5.74, 6) is 0.0160. The Hall–Kier alpha value is -1.56. The van der Waals surface area contributed by atoms with E-state index in [0.717, 1.165) is 16.6 Å². The van der Waals surface area contributed by atoms with E-state index >= 15 is 0 Å². The Morgan fingerprint density at radius 1 is 1.22 bits per heavy atom. The maximum atomic E-state index is 9.97. The van der Waals surface area contributed by atoms with Gasteiger partial charge in [-0.1, -0.05) is 23.2 Å². The molecule has 120 valence electrons. The van der Waals surface area contributed by atoms with E-state index in [1.165, 1.54) is 18.0 Å². The second-order valence-corrected chi connectivity index (χ2v) is 7.09. The van der Waals surface area contributed by atoms with Crippen LogP contribution in [0.15, 0.2) is 41.4 Å². The Balaban J connectivity index is 1.83. The predicted molar refractivity (Wildman–Crippen MR) is 97.7 cm³/mol. The van der Waals surface area contributed by atoms with Gasteiger partial charge >= 0.3 is 0 Å². The van der Waals surface area contributed by atoms with Crippen LogP contribution in [0.25, 0.3) is 10.9 Å². The Labute approximate surface area is 148 Å². The van der Waals surface area contributed by atoms with Crippen LogP contribution in [0, 0.1) is 0 Å². The molecule has 0 unspecified atom stereocenters. The maximum absolute atomic E-state index is 9.97. The molecule has 1 heterocycles. The van der Waals surface area contributed by atoms with Crippen molar-refractivity contribution >= 4 is 51.7 Å². The molecule has 0 saturated heterocycles. The van der Waals surface area contributed by atoms with Gasteiger partial charge in [0.1, 0.15) is 5.75 Å². The Morgan fingerprint density at radius 3 is 2.74 bits per heavy atom. The lowest BCUT2D eigenvalue weighted by Crippen LogP contribution is -2.01. The number of halogens is 2. The molecule has 2 N–H and O–H groups in total. The molecule has 0 fully saturated rings. The summed E-state index contributed by atoms with van der Waals surface area (Å²) < 4.78 is 5.17. The number of benzene rings is 2. The minimum atomic E-state index is 0.0160. The van der Waals surface area contributed by atoms with Crippen LogP contribution in [0.5, 0.6) is 5.75 Å². The first-order valence-corrected chi connectivity index (χ1v) is 8.61. The average molecular weight is 368 g/mol. The highest BCUT2D eigenvalue weighted by Gasteiger charge is 2.10. The van der Waals surface area contributed by atoms with E-state index in [1.54, 1.807) is 6.07 Å². The molecule has 0 saturated carbocycles. The molecule has 0 aliphatic carbocycles. The molecular weight excluding hydrogens is 353 g/mol. The highest BCUT2D eigenvalue weighted by Crippen LogP contribution is 2.38. The molecule has 7 heteroatoms. The SMILES string of the molecule is CC(C)n1ncc2cc(NSc3cc(Cl)cc(Cl)c3O)ccc21. The number of nitrogens with zero attached hydrogens (tertiary/aromatic N) is 2. The summed E-state index contributed by atoms with van der Waals surface area (Å²) >= 11 is 13.1. The summed E-state index contributed by atoms with van der Waals surface area (Å²) in [6, 6.07) is 9.49. The Kier molecular flexibility index (Phi) is 4.62. The summed E-state index contributed by atoms with van der Waals surface area (Å²) in [6.07, 6.45) is 1.85. The molecule has 23 heavy (non-hydrogen) atoms. The topological polar surface area (TPSA) is 50.1 Å². The van der Waals surface area contributed by atoms with Crippen LogP contribution in [0.1, 0.15) is 19.9 Å². The van der Waals surface area contributed by atoms with Gasteiger partial charge in [-0.2, -0.15) is 5.10 Å². The average Bonchev–Trinajstić information content (AvgIpc) is 2.92. The third-order valence-corrected chi connectivity index (χ3v) is 4.73. The highest BCUT2D eigenvalue weighted by molar-refractivity contribution is 8.00. The second kappa shape index (κ2) is 6.51. The van der Waals surface area contributed by atoms with Crippen LogP contribution in [-0.2, 0) is 0 Å². The van der Waals surface area contributed by atoms with Crippen molar-refractivity contribution in [2.75, 3.05) is 4.72 Å². The van der Waals surface area contributed by atoms with Crippen LogP contribution in [-0.4, -0.2) is 14.9 Å². The molecule has 1 aromatic heterocycles. The van der Waals surface area contributed by atoms with E-state index in [2.05, 4.69) is 23.7 Å². The molecule has 3 rings (SSSR count). The van der Waals surface area contributed by atoms with Gasteiger partial charge in [0.25, 0.3) is 0 Å². The second-order valence-electron chi connectivity index (χ2n) is 5.39. The van der Waals surface area contributed by atoms with Crippen LogP contribution in [0.3, 0.4) is 0 Å². The Bertz CT molecular complexity index is 864. The zero-order chi connectivity index (χ0) is 16.6. The summed E-state index contributed by atoms with van der Waals surface area (Å²) in [7, 11) is 0. The van der Waals surface area contributed by atoms with Gasteiger partial charge in [-0.3, -0.25) is 4.68 Å². The van der Waals surface area contributed by atoms with Crippen LogP contribution in [0.4, 0.5) is 5.69 Å². The summed E-state index contributed by atoms with van der Waals surface area (Å²) in [6.45, 7) is 4.19. The minimum absolute atomic E-state index is 0.0160. The summed E-state index contributed by atoms with van der Waals surface area (Å²) in [4.78, 5) is 0.570. The van der Waals surface area contributed by atoms with Gasteiger partial charge in [0.05, 0.1) is 21.6 Å². The quantitative estimate of drug-likeness (QED) is 0.576. The molecule has 0 bridgehead atoms. The van der Waals surface area contributed by atoms with Crippen molar-refractivity contribution in [1.82, 2.24) is 9.78 Å². The van der Waals surface area contributed by atoms with Gasteiger partial charge in [0.2, 0.25) is 0 Å². The van der Waals surface area contributed by atoms with Crippen molar-refractivity contribution in [3.8, 4) is 5.75 Å². The smallest absolute Gasteiger partial charge is 0.149 e. The standard InChI is InChI=1S/C16H15Cl2N3OS/c1-9(2)21-14-4-3-12(5-10(14)8-19-21)20-23-15-7-11(17)6-13(18)16(15)22/h3-9,20,22H,1-2H3. The lowest BCUT2D eigenvalue weighted by Gasteiger charge is -2.10. The molecular formula is C16H15Cl2N3OS. The van der Waals surface area contributed by atoms with Crippen molar-refractivity contribution < 1.29 is 5.11 Å². The molecule has 3 aromatic rings. The fourth-order valence-electron chi connectivity index (χ4n) is 2.26. The third-order valence-electron chi connectivity index (χ3n) is 3.36. The lowest BCUT2D eigenvalue weighted by molar-refractivity contribution is 0.463. The minimum Gasteiger partial charge on any atom is -0.505 e. The van der Waals surface area contributed by atoms with Crippen LogP contribution in [0.2, 0.25) is 10.0 Å². The van der Waals surface area contributed by atoms with Gasteiger partial charge in [-0.15, -0.1) is 0 Å². The fourth-order valence-corrected chi connectivity index (χ4v) is 3.62. The number of nitrogens with one attached hydrogen (secondary N) is 1. The zero-order valence-electron chi connectivity index (χ0n) is 12.5. The van der Waals surface area contributed by atoms with Gasteiger partial charge in [0.15, 0.2) is 0 Å². The largest absolute Gasteiger partial charge is 0.505 e. The number of hydrogen-bond acceptors (Lipinski definition) is 4. The first-order valence-electron chi connectivity index (χ1n) is 7.04. The van der Waals surface area contributed by atoms with E-state index in [0.29, 0.717) is 16.0 Å². The number of fused-ring (bicyclic) bond motifs is 1. The van der Waals surface area contributed by atoms with Crippen LogP contribution < -0.4 is 4.72 Å². The van der Waals surface area contributed by atoms with E-state index in [4.69, 9.17) is 23.2 Å². The molecule has 0 aliphatic rings. The number of hydrogen-bond donors (Lipinski definition) is 2. The van der Waals surface area contributed by atoms with Crippen LogP contribution >= 0.6 is 35.1 Å². The number of aromatic hydroxyl groups is 1. The lowest BCUT2D eigenvalue weighted by atomic mass is 10.2. The van der Waals surface area contributed by atoms with Gasteiger partial charge in [0, 0.05) is 22.1 Å². The van der Waals surface area contributed by atoms with Crippen molar-refractivity contribution in [3.05, 3.63) is 46.6 Å². The first kappa shape index (κ1) is 16.3. The van der Waals surface area contributed by atoms with Crippen molar-refractivity contribution in [2.45, 2.75) is 24.8 Å².